The molecule has 1 saturated heterocycles. The van der Waals surface area contributed by atoms with Crippen molar-refractivity contribution in [3.63, 3.8) is 0 Å². The van der Waals surface area contributed by atoms with Gasteiger partial charge in [-0.2, -0.15) is 0 Å². The zero-order valence-electron chi connectivity index (χ0n) is 17.9. The third-order valence-electron chi connectivity index (χ3n) is 6.48. The number of hydrogen-bond donors (Lipinski definition) is 2. The Morgan fingerprint density at radius 2 is 2.03 bits per heavy atom. The molecule has 7 heteroatoms. The molecule has 3 aromatic heterocycles. The molecule has 2 N–H and O–H groups in total. The predicted octanol–water partition coefficient (Wildman–Crippen LogP) is 4.36. The Labute approximate surface area is 185 Å². The third-order valence-corrected chi connectivity index (χ3v) is 7.59. The quantitative estimate of drug-likeness (QED) is 0.490. The van der Waals surface area contributed by atoms with Gasteiger partial charge in [-0.1, -0.05) is 18.2 Å². The summed E-state index contributed by atoms with van der Waals surface area (Å²) in [6, 6.07) is 8.29. The monoisotopic (exact) mass is 433 g/mol. The van der Waals surface area contributed by atoms with Crippen LogP contribution in [0.5, 0.6) is 0 Å². The number of nitrogens with zero attached hydrogens (tertiary/aromatic N) is 3. The number of aromatic amines is 1. The summed E-state index contributed by atoms with van der Waals surface area (Å²) in [4.78, 5) is 29.8. The zero-order valence-corrected chi connectivity index (χ0v) is 18.8. The van der Waals surface area contributed by atoms with E-state index in [1.807, 2.05) is 12.3 Å². The molecule has 4 heterocycles. The summed E-state index contributed by atoms with van der Waals surface area (Å²) in [7, 11) is 0. The van der Waals surface area contributed by atoms with Crippen LogP contribution >= 0.6 is 11.3 Å². The number of benzene rings is 1. The third kappa shape index (κ3) is 3.78. The average Bonchev–Trinajstić information content (AvgIpc) is 3.34. The maximum Gasteiger partial charge on any atom is 0.223 e. The molecule has 0 bridgehead atoms. The first-order valence-electron chi connectivity index (χ1n) is 10.9. The second-order valence-electron chi connectivity index (χ2n) is 8.32. The van der Waals surface area contributed by atoms with Crippen LogP contribution < -0.4 is 10.2 Å². The minimum Gasteiger partial charge on any atom is -0.361 e. The Morgan fingerprint density at radius 1 is 1.23 bits per heavy atom. The highest BCUT2D eigenvalue weighted by atomic mass is 32.1. The lowest BCUT2D eigenvalue weighted by molar-refractivity contribution is -0.125. The van der Waals surface area contributed by atoms with Gasteiger partial charge < -0.3 is 15.2 Å². The van der Waals surface area contributed by atoms with E-state index in [9.17, 15) is 4.79 Å². The molecule has 0 aliphatic carbocycles. The van der Waals surface area contributed by atoms with Gasteiger partial charge in [0.05, 0.1) is 5.39 Å². The fraction of sp³-hybridized carbons (Fsp3) is 0.375. The van der Waals surface area contributed by atoms with Crippen LogP contribution in [0, 0.1) is 19.8 Å². The summed E-state index contributed by atoms with van der Waals surface area (Å²) in [5.74, 6) is 1.27. The lowest BCUT2D eigenvalue weighted by Crippen LogP contribution is -2.41. The number of nitrogens with one attached hydrogen (secondary N) is 2. The average molecular weight is 434 g/mol. The highest BCUT2D eigenvalue weighted by molar-refractivity contribution is 7.18. The Bertz CT molecular complexity index is 1240. The molecule has 1 amide bonds. The number of carbonyl (C=O) groups excluding carboxylic acids is 1. The van der Waals surface area contributed by atoms with Crippen LogP contribution in [0.2, 0.25) is 0 Å². The number of rotatable bonds is 5. The van der Waals surface area contributed by atoms with Crippen molar-refractivity contribution >= 4 is 44.2 Å². The summed E-state index contributed by atoms with van der Waals surface area (Å²) < 4.78 is 0. The topological polar surface area (TPSA) is 73.9 Å². The van der Waals surface area contributed by atoms with Crippen molar-refractivity contribution < 1.29 is 4.79 Å². The van der Waals surface area contributed by atoms with E-state index in [4.69, 9.17) is 0 Å². The molecule has 0 atom stereocenters. The van der Waals surface area contributed by atoms with Crippen LogP contribution in [-0.4, -0.2) is 40.5 Å². The standard InChI is InChI=1S/C24H27N5OS/c1-15-16(2)31-24-21(15)22(27-14-28-24)29-11-8-17(9-12-29)23(30)25-10-7-18-13-26-20-6-4-3-5-19(18)20/h3-6,13-14,17,26H,7-12H2,1-2H3,(H,25,30). The number of piperidine rings is 1. The first-order chi connectivity index (χ1) is 15.1. The summed E-state index contributed by atoms with van der Waals surface area (Å²) in [6.07, 6.45) is 6.26. The molecule has 1 fully saturated rings. The fourth-order valence-electron chi connectivity index (χ4n) is 4.56. The summed E-state index contributed by atoms with van der Waals surface area (Å²) in [5.41, 5.74) is 3.67. The number of H-pyrrole nitrogens is 1. The van der Waals surface area contributed by atoms with Crippen LogP contribution in [0.1, 0.15) is 28.8 Å². The van der Waals surface area contributed by atoms with Crippen molar-refractivity contribution in [1.82, 2.24) is 20.3 Å². The van der Waals surface area contributed by atoms with E-state index >= 15 is 0 Å². The van der Waals surface area contributed by atoms with Gasteiger partial charge in [-0.05, 0) is 50.3 Å². The van der Waals surface area contributed by atoms with Gasteiger partial charge in [0.25, 0.3) is 0 Å². The van der Waals surface area contributed by atoms with Gasteiger partial charge in [-0.15, -0.1) is 11.3 Å². The van der Waals surface area contributed by atoms with Crippen molar-refractivity contribution in [2.24, 2.45) is 5.92 Å². The van der Waals surface area contributed by atoms with Crippen LogP contribution in [-0.2, 0) is 11.2 Å². The van der Waals surface area contributed by atoms with Gasteiger partial charge in [-0.25, -0.2) is 9.97 Å². The van der Waals surface area contributed by atoms with Gasteiger partial charge in [0.2, 0.25) is 5.91 Å². The molecule has 1 aliphatic rings. The molecule has 0 spiro atoms. The molecule has 5 rings (SSSR count). The molecular formula is C24H27N5OS. The van der Waals surface area contributed by atoms with Gasteiger partial charge in [0, 0.05) is 47.5 Å². The van der Waals surface area contributed by atoms with Gasteiger partial charge in [0.15, 0.2) is 0 Å². The smallest absolute Gasteiger partial charge is 0.223 e. The fourth-order valence-corrected chi connectivity index (χ4v) is 5.55. The van der Waals surface area contributed by atoms with E-state index < -0.39 is 0 Å². The predicted molar refractivity (Wildman–Crippen MR) is 127 cm³/mol. The second-order valence-corrected chi connectivity index (χ2v) is 9.53. The summed E-state index contributed by atoms with van der Waals surface area (Å²) in [5, 5.41) is 5.57. The van der Waals surface area contributed by atoms with Crippen LogP contribution in [0.3, 0.4) is 0 Å². The maximum absolute atomic E-state index is 12.7. The SMILES string of the molecule is Cc1sc2ncnc(N3CCC(C(=O)NCCc4c[nH]c5ccccc45)CC3)c2c1C. The number of fused-ring (bicyclic) bond motifs is 2. The Morgan fingerprint density at radius 3 is 2.87 bits per heavy atom. The lowest BCUT2D eigenvalue weighted by atomic mass is 9.95. The number of thiophene rings is 1. The number of aromatic nitrogens is 3. The van der Waals surface area contributed by atoms with Gasteiger partial charge >= 0.3 is 0 Å². The number of para-hydroxylation sites is 1. The lowest BCUT2D eigenvalue weighted by Gasteiger charge is -2.32. The second kappa shape index (κ2) is 8.30. The molecule has 0 unspecified atom stereocenters. The summed E-state index contributed by atoms with van der Waals surface area (Å²) >= 11 is 1.73. The van der Waals surface area contributed by atoms with Crippen molar-refractivity contribution in [3.05, 3.63) is 52.8 Å². The van der Waals surface area contributed by atoms with Gasteiger partial charge in [-0.3, -0.25) is 4.79 Å². The Balaban J connectivity index is 1.18. The molecule has 6 nitrogen and oxygen atoms in total. The number of amides is 1. The van der Waals surface area contributed by atoms with Crippen molar-refractivity contribution in [1.29, 1.82) is 0 Å². The van der Waals surface area contributed by atoms with E-state index in [-0.39, 0.29) is 11.8 Å². The minimum atomic E-state index is 0.0712. The number of carbonyl (C=O) groups is 1. The van der Waals surface area contributed by atoms with Crippen LogP contribution in [0.4, 0.5) is 5.82 Å². The number of hydrogen-bond acceptors (Lipinski definition) is 5. The highest BCUT2D eigenvalue weighted by Gasteiger charge is 2.27. The van der Waals surface area contributed by atoms with Crippen molar-refractivity contribution in [3.8, 4) is 0 Å². The first-order valence-corrected chi connectivity index (χ1v) is 11.7. The van der Waals surface area contributed by atoms with E-state index in [0.29, 0.717) is 6.54 Å². The van der Waals surface area contributed by atoms with Gasteiger partial charge in [0.1, 0.15) is 17.0 Å². The van der Waals surface area contributed by atoms with Crippen molar-refractivity contribution in [2.45, 2.75) is 33.1 Å². The molecule has 160 valence electrons. The van der Waals surface area contributed by atoms with E-state index in [1.165, 1.54) is 26.8 Å². The van der Waals surface area contributed by atoms with Crippen LogP contribution in [0.15, 0.2) is 36.8 Å². The maximum atomic E-state index is 12.7. The van der Waals surface area contributed by atoms with E-state index in [2.05, 4.69) is 57.2 Å². The molecule has 1 aromatic carbocycles. The zero-order chi connectivity index (χ0) is 21.4. The molecule has 0 radical (unpaired) electrons. The number of anilines is 1. The van der Waals surface area contributed by atoms with E-state index in [1.54, 1.807) is 17.7 Å². The molecule has 1 aliphatic heterocycles. The number of aryl methyl sites for hydroxylation is 2. The largest absolute Gasteiger partial charge is 0.361 e. The van der Waals surface area contributed by atoms with E-state index in [0.717, 1.165) is 48.5 Å². The molecule has 31 heavy (non-hydrogen) atoms. The highest BCUT2D eigenvalue weighted by Crippen LogP contribution is 2.35. The normalized spacial score (nSPS) is 15.1. The molecule has 0 saturated carbocycles. The molecular weight excluding hydrogens is 406 g/mol. The Kier molecular flexibility index (Phi) is 5.36. The molecule has 4 aromatic rings. The summed E-state index contributed by atoms with van der Waals surface area (Å²) in [6.45, 7) is 6.65. The van der Waals surface area contributed by atoms with Crippen LogP contribution in [0.25, 0.3) is 21.1 Å². The Hall–Kier alpha value is -2.93. The van der Waals surface area contributed by atoms with Crippen molar-refractivity contribution in [2.75, 3.05) is 24.5 Å². The minimum absolute atomic E-state index is 0.0712. The first kappa shape index (κ1) is 20.0.